The smallest absolute Gasteiger partial charge is 0.257 e. The van der Waals surface area contributed by atoms with Gasteiger partial charge in [0.1, 0.15) is 0 Å². The van der Waals surface area contributed by atoms with E-state index >= 15 is 0 Å². The third kappa shape index (κ3) is 4.78. The van der Waals surface area contributed by atoms with Gasteiger partial charge >= 0.3 is 0 Å². The van der Waals surface area contributed by atoms with Gasteiger partial charge in [0.2, 0.25) is 0 Å². The van der Waals surface area contributed by atoms with Gasteiger partial charge in [-0.3, -0.25) is 9.59 Å². The SMILES string of the molecule is Nc1cc(C(=O)Nc2ccc(Cl)cc2)ccc1C(=O)Nc1ccc(Cl)cc1. The molecule has 0 saturated heterocycles. The molecule has 136 valence electrons. The maximum atomic E-state index is 12.4. The van der Waals surface area contributed by atoms with Crippen LogP contribution in [0.5, 0.6) is 0 Å². The highest BCUT2D eigenvalue weighted by molar-refractivity contribution is 6.31. The molecule has 5 nitrogen and oxygen atoms in total. The minimum Gasteiger partial charge on any atom is -0.398 e. The molecule has 0 atom stereocenters. The lowest BCUT2D eigenvalue weighted by Gasteiger charge is -2.10. The van der Waals surface area contributed by atoms with Crippen molar-refractivity contribution in [2.45, 2.75) is 0 Å². The standard InChI is InChI=1S/C20H15Cl2N3O2/c21-13-2-6-15(7-3-13)24-19(26)12-1-10-17(18(23)11-12)20(27)25-16-8-4-14(22)5-9-16/h1-11H,23H2,(H,24,26)(H,25,27). The van der Waals surface area contributed by atoms with Gasteiger partial charge in [-0.1, -0.05) is 23.2 Å². The molecule has 3 aromatic carbocycles. The molecule has 0 aliphatic rings. The number of hydrogen-bond acceptors (Lipinski definition) is 3. The second kappa shape index (κ2) is 8.12. The van der Waals surface area contributed by atoms with Crippen LogP contribution in [-0.4, -0.2) is 11.8 Å². The van der Waals surface area contributed by atoms with Gasteiger partial charge in [0.15, 0.2) is 0 Å². The van der Waals surface area contributed by atoms with E-state index in [0.29, 0.717) is 27.0 Å². The third-order valence-electron chi connectivity index (χ3n) is 3.76. The van der Waals surface area contributed by atoms with Gasteiger partial charge in [0, 0.05) is 32.7 Å². The van der Waals surface area contributed by atoms with Gasteiger partial charge in [-0.2, -0.15) is 0 Å². The van der Waals surface area contributed by atoms with Crippen LogP contribution in [0.4, 0.5) is 17.1 Å². The highest BCUT2D eigenvalue weighted by Gasteiger charge is 2.14. The second-order valence-electron chi connectivity index (χ2n) is 5.72. The first-order valence-corrected chi connectivity index (χ1v) is 8.71. The van der Waals surface area contributed by atoms with Gasteiger partial charge in [-0.05, 0) is 66.7 Å². The van der Waals surface area contributed by atoms with Gasteiger partial charge in [-0.25, -0.2) is 0 Å². The van der Waals surface area contributed by atoms with E-state index < -0.39 is 0 Å². The van der Waals surface area contributed by atoms with Crippen molar-refractivity contribution in [2.75, 3.05) is 16.4 Å². The van der Waals surface area contributed by atoms with Crippen molar-refractivity contribution in [2.24, 2.45) is 0 Å². The highest BCUT2D eigenvalue weighted by Crippen LogP contribution is 2.20. The van der Waals surface area contributed by atoms with Crippen molar-refractivity contribution < 1.29 is 9.59 Å². The van der Waals surface area contributed by atoms with E-state index in [-0.39, 0.29) is 23.1 Å². The Kier molecular flexibility index (Phi) is 5.64. The molecule has 27 heavy (non-hydrogen) atoms. The summed E-state index contributed by atoms with van der Waals surface area (Å²) in [6, 6.07) is 18.0. The molecule has 0 bridgehead atoms. The van der Waals surface area contributed by atoms with Crippen molar-refractivity contribution in [3.8, 4) is 0 Å². The molecule has 2 amide bonds. The maximum Gasteiger partial charge on any atom is 0.257 e. The lowest BCUT2D eigenvalue weighted by atomic mass is 10.1. The van der Waals surface area contributed by atoms with Crippen LogP contribution in [0, 0.1) is 0 Å². The molecular formula is C20H15Cl2N3O2. The summed E-state index contributed by atoms with van der Waals surface area (Å²) >= 11 is 11.7. The lowest BCUT2D eigenvalue weighted by molar-refractivity contribution is 0.101. The number of nitrogens with two attached hydrogens (primary N) is 1. The minimum absolute atomic E-state index is 0.199. The summed E-state index contributed by atoms with van der Waals surface area (Å²) in [4.78, 5) is 24.7. The van der Waals surface area contributed by atoms with Crippen molar-refractivity contribution >= 4 is 52.1 Å². The molecule has 0 aliphatic heterocycles. The summed E-state index contributed by atoms with van der Waals surface area (Å²) < 4.78 is 0. The van der Waals surface area contributed by atoms with Crippen LogP contribution in [0.15, 0.2) is 66.7 Å². The molecule has 4 N–H and O–H groups in total. The van der Waals surface area contributed by atoms with Crippen LogP contribution in [0.1, 0.15) is 20.7 Å². The Hall–Kier alpha value is -3.02. The molecule has 0 radical (unpaired) electrons. The number of halogens is 2. The average Bonchev–Trinajstić information content (AvgIpc) is 2.65. The van der Waals surface area contributed by atoms with Crippen LogP contribution in [-0.2, 0) is 0 Å². The molecule has 7 heteroatoms. The van der Waals surface area contributed by atoms with E-state index in [1.807, 2.05) is 0 Å². The van der Waals surface area contributed by atoms with E-state index in [2.05, 4.69) is 10.6 Å². The summed E-state index contributed by atoms with van der Waals surface area (Å²) in [7, 11) is 0. The molecule has 0 aromatic heterocycles. The predicted octanol–water partition coefficient (Wildman–Crippen LogP) is 5.08. The fourth-order valence-corrected chi connectivity index (χ4v) is 2.63. The zero-order valence-electron chi connectivity index (χ0n) is 14.0. The monoisotopic (exact) mass is 399 g/mol. The summed E-state index contributed by atoms with van der Waals surface area (Å²) in [6.45, 7) is 0. The fourth-order valence-electron chi connectivity index (χ4n) is 2.38. The van der Waals surface area contributed by atoms with E-state index in [4.69, 9.17) is 28.9 Å². The van der Waals surface area contributed by atoms with Gasteiger partial charge in [0.05, 0.1) is 5.56 Å². The van der Waals surface area contributed by atoms with Crippen LogP contribution < -0.4 is 16.4 Å². The van der Waals surface area contributed by atoms with Crippen molar-refractivity contribution in [1.82, 2.24) is 0 Å². The van der Waals surface area contributed by atoms with Crippen LogP contribution in [0.2, 0.25) is 10.0 Å². The van der Waals surface area contributed by atoms with E-state index in [0.717, 1.165) is 0 Å². The largest absolute Gasteiger partial charge is 0.398 e. The number of carbonyl (C=O) groups is 2. The minimum atomic E-state index is -0.375. The Morgan fingerprint density at radius 1 is 0.704 bits per heavy atom. The Bertz CT molecular complexity index is 987. The number of nitrogen functional groups attached to an aromatic ring is 1. The Balaban J connectivity index is 1.72. The maximum absolute atomic E-state index is 12.4. The molecule has 3 rings (SSSR count). The Labute approximate surface area is 166 Å². The van der Waals surface area contributed by atoms with Gasteiger partial charge in [-0.15, -0.1) is 0 Å². The number of carbonyl (C=O) groups excluding carboxylic acids is 2. The molecule has 0 saturated carbocycles. The van der Waals surface area contributed by atoms with Gasteiger partial charge < -0.3 is 16.4 Å². The second-order valence-corrected chi connectivity index (χ2v) is 6.60. The number of hydrogen-bond donors (Lipinski definition) is 3. The van der Waals surface area contributed by atoms with Crippen LogP contribution in [0.3, 0.4) is 0 Å². The zero-order valence-corrected chi connectivity index (χ0v) is 15.5. The first-order valence-electron chi connectivity index (χ1n) is 7.96. The van der Waals surface area contributed by atoms with Crippen molar-refractivity contribution in [3.05, 3.63) is 87.9 Å². The zero-order chi connectivity index (χ0) is 19.4. The molecular weight excluding hydrogens is 385 g/mol. The highest BCUT2D eigenvalue weighted by atomic mass is 35.5. The lowest BCUT2D eigenvalue weighted by Crippen LogP contribution is -2.16. The van der Waals surface area contributed by atoms with E-state index in [1.165, 1.54) is 12.1 Å². The number of rotatable bonds is 4. The van der Waals surface area contributed by atoms with Crippen molar-refractivity contribution in [3.63, 3.8) is 0 Å². The number of amides is 2. The Morgan fingerprint density at radius 2 is 1.19 bits per heavy atom. The first kappa shape index (κ1) is 18.8. The van der Waals surface area contributed by atoms with E-state index in [9.17, 15) is 9.59 Å². The third-order valence-corrected chi connectivity index (χ3v) is 4.27. The molecule has 0 heterocycles. The molecule has 0 spiro atoms. The summed E-state index contributed by atoms with van der Waals surface area (Å²) in [5.41, 5.74) is 7.98. The normalized spacial score (nSPS) is 10.3. The molecule has 0 unspecified atom stereocenters. The number of anilines is 3. The summed E-state index contributed by atoms with van der Waals surface area (Å²) in [6.07, 6.45) is 0. The van der Waals surface area contributed by atoms with Gasteiger partial charge in [0.25, 0.3) is 11.8 Å². The number of nitrogens with one attached hydrogen (secondary N) is 2. The predicted molar refractivity (Wildman–Crippen MR) is 110 cm³/mol. The summed E-state index contributed by atoms with van der Waals surface area (Å²) in [5.74, 6) is -0.715. The first-order chi connectivity index (χ1) is 12.9. The fraction of sp³-hybridized carbons (Fsp3) is 0. The molecule has 0 fully saturated rings. The summed E-state index contributed by atoms with van der Waals surface area (Å²) in [5, 5.41) is 6.62. The Morgan fingerprint density at radius 3 is 1.67 bits per heavy atom. The molecule has 0 aliphatic carbocycles. The van der Waals surface area contributed by atoms with Crippen LogP contribution in [0.25, 0.3) is 0 Å². The van der Waals surface area contributed by atoms with Crippen molar-refractivity contribution in [1.29, 1.82) is 0 Å². The van der Waals surface area contributed by atoms with E-state index in [1.54, 1.807) is 54.6 Å². The quantitative estimate of drug-likeness (QED) is 0.534. The topological polar surface area (TPSA) is 84.2 Å². The average molecular weight is 400 g/mol. The number of benzene rings is 3. The molecule has 3 aromatic rings. The van der Waals surface area contributed by atoms with Crippen LogP contribution >= 0.6 is 23.2 Å².